The number of hydrogen-bond donors (Lipinski definition) is 0. The molecular weight excluding hydrogens is 284 g/mol. The highest BCUT2D eigenvalue weighted by atomic mass is 15.1. The van der Waals surface area contributed by atoms with Gasteiger partial charge in [-0.25, -0.2) is 9.97 Å². The smallest absolute Gasteiger partial charge is 0.159 e. The molecule has 1 atom stereocenters. The predicted molar refractivity (Wildman–Crippen MR) is 90.4 cm³/mol. The molecule has 1 aliphatic rings. The Kier molecular flexibility index (Phi) is 4.40. The van der Waals surface area contributed by atoms with E-state index in [0.717, 1.165) is 49.4 Å². The molecule has 4 heteroatoms. The van der Waals surface area contributed by atoms with Gasteiger partial charge in [0.15, 0.2) is 5.82 Å². The Morgan fingerprint density at radius 1 is 1.30 bits per heavy atom. The average molecular weight is 306 g/mol. The predicted octanol–water partition coefficient (Wildman–Crippen LogP) is 3.58. The van der Waals surface area contributed by atoms with Crippen LogP contribution in [0.2, 0.25) is 0 Å². The Morgan fingerprint density at radius 2 is 2.09 bits per heavy atom. The van der Waals surface area contributed by atoms with Gasteiger partial charge in [0, 0.05) is 36.6 Å². The van der Waals surface area contributed by atoms with E-state index in [9.17, 15) is 5.26 Å². The Labute approximate surface area is 137 Å². The van der Waals surface area contributed by atoms with E-state index < -0.39 is 0 Å². The number of likely N-dealkylation sites (tertiary alicyclic amines) is 1. The minimum atomic E-state index is -0.222. The highest BCUT2D eigenvalue weighted by molar-refractivity contribution is 5.55. The quantitative estimate of drug-likeness (QED) is 0.869. The average Bonchev–Trinajstić information content (AvgIpc) is 2.56. The fourth-order valence-electron chi connectivity index (χ4n) is 3.20. The topological polar surface area (TPSA) is 52.8 Å². The van der Waals surface area contributed by atoms with Crippen molar-refractivity contribution in [2.24, 2.45) is 5.41 Å². The molecule has 23 heavy (non-hydrogen) atoms. The van der Waals surface area contributed by atoms with E-state index in [4.69, 9.17) is 0 Å². The van der Waals surface area contributed by atoms with Crippen molar-refractivity contribution in [3.05, 3.63) is 47.8 Å². The van der Waals surface area contributed by atoms with Crippen LogP contribution < -0.4 is 0 Å². The second kappa shape index (κ2) is 6.47. The van der Waals surface area contributed by atoms with Crippen molar-refractivity contribution in [3.8, 4) is 17.5 Å². The van der Waals surface area contributed by atoms with Gasteiger partial charge in [-0.05, 0) is 39.3 Å². The van der Waals surface area contributed by atoms with E-state index in [1.165, 1.54) is 5.56 Å². The van der Waals surface area contributed by atoms with Crippen molar-refractivity contribution in [3.63, 3.8) is 0 Å². The van der Waals surface area contributed by atoms with Gasteiger partial charge in [0.1, 0.15) is 0 Å². The third kappa shape index (κ3) is 3.75. The van der Waals surface area contributed by atoms with E-state index in [1.807, 2.05) is 24.5 Å². The number of aromatic nitrogens is 2. The summed E-state index contributed by atoms with van der Waals surface area (Å²) in [4.78, 5) is 11.3. The van der Waals surface area contributed by atoms with Crippen LogP contribution >= 0.6 is 0 Å². The molecule has 0 spiro atoms. The number of benzene rings is 1. The lowest BCUT2D eigenvalue weighted by molar-refractivity contribution is 0.136. The summed E-state index contributed by atoms with van der Waals surface area (Å²) in [6.45, 7) is 6.79. The van der Waals surface area contributed by atoms with Gasteiger partial charge in [-0.1, -0.05) is 23.8 Å². The van der Waals surface area contributed by atoms with Crippen LogP contribution in [-0.2, 0) is 6.54 Å². The van der Waals surface area contributed by atoms with E-state index >= 15 is 0 Å². The molecule has 118 valence electrons. The van der Waals surface area contributed by atoms with Crippen molar-refractivity contribution in [1.29, 1.82) is 5.26 Å². The molecule has 0 bridgehead atoms. The van der Waals surface area contributed by atoms with Crippen LogP contribution in [0.15, 0.2) is 36.7 Å². The van der Waals surface area contributed by atoms with Crippen molar-refractivity contribution < 1.29 is 0 Å². The van der Waals surface area contributed by atoms with Gasteiger partial charge in [0.05, 0.1) is 11.5 Å². The van der Waals surface area contributed by atoms with Crippen LogP contribution in [-0.4, -0.2) is 28.0 Å². The van der Waals surface area contributed by atoms with Crippen molar-refractivity contribution in [2.75, 3.05) is 13.1 Å². The van der Waals surface area contributed by atoms with Gasteiger partial charge < -0.3 is 0 Å². The molecule has 3 rings (SSSR count). The molecular formula is C19H22N4. The Balaban J connectivity index is 1.70. The van der Waals surface area contributed by atoms with Gasteiger partial charge in [-0.2, -0.15) is 5.26 Å². The second-order valence-electron chi connectivity index (χ2n) is 6.77. The molecule has 2 heterocycles. The lowest BCUT2D eigenvalue weighted by Crippen LogP contribution is -2.40. The summed E-state index contributed by atoms with van der Waals surface area (Å²) >= 11 is 0. The first-order valence-corrected chi connectivity index (χ1v) is 8.10. The molecule has 1 aliphatic heterocycles. The van der Waals surface area contributed by atoms with E-state index in [0.29, 0.717) is 0 Å². The zero-order valence-electron chi connectivity index (χ0n) is 13.8. The van der Waals surface area contributed by atoms with Crippen LogP contribution in [0.25, 0.3) is 11.4 Å². The zero-order valence-corrected chi connectivity index (χ0v) is 13.8. The van der Waals surface area contributed by atoms with Gasteiger partial charge in [0.25, 0.3) is 0 Å². The van der Waals surface area contributed by atoms with Gasteiger partial charge in [-0.15, -0.1) is 0 Å². The molecule has 0 N–H and O–H groups in total. The van der Waals surface area contributed by atoms with Gasteiger partial charge in [-0.3, -0.25) is 4.90 Å². The first-order chi connectivity index (χ1) is 11.1. The minimum absolute atomic E-state index is 0.222. The van der Waals surface area contributed by atoms with Crippen LogP contribution in [0.4, 0.5) is 0 Å². The summed E-state index contributed by atoms with van der Waals surface area (Å²) in [6.07, 6.45) is 5.88. The maximum atomic E-state index is 9.32. The molecule has 1 aromatic carbocycles. The first kappa shape index (κ1) is 15.6. The number of rotatable bonds is 3. The van der Waals surface area contributed by atoms with Crippen LogP contribution in [0.5, 0.6) is 0 Å². The molecule has 1 fully saturated rings. The van der Waals surface area contributed by atoms with Crippen LogP contribution in [0.1, 0.15) is 30.9 Å². The minimum Gasteiger partial charge on any atom is -0.297 e. The molecule has 0 saturated carbocycles. The largest absolute Gasteiger partial charge is 0.297 e. The summed E-state index contributed by atoms with van der Waals surface area (Å²) in [6, 6.07) is 10.7. The fraction of sp³-hybridized carbons (Fsp3) is 0.421. The SMILES string of the molecule is Cc1cccc(-c2ncc(CN3CCC[C@](C)(C#N)C3)cn2)c1. The molecule has 1 saturated heterocycles. The van der Waals surface area contributed by atoms with E-state index in [2.05, 4.69) is 46.9 Å². The normalized spacial score (nSPS) is 21.8. The summed E-state index contributed by atoms with van der Waals surface area (Å²) < 4.78 is 0. The zero-order chi connectivity index (χ0) is 16.3. The van der Waals surface area contributed by atoms with Crippen LogP contribution in [0.3, 0.4) is 0 Å². The van der Waals surface area contributed by atoms with Crippen molar-refractivity contribution >= 4 is 0 Å². The van der Waals surface area contributed by atoms with Crippen LogP contribution in [0, 0.1) is 23.7 Å². The number of nitriles is 1. The highest BCUT2D eigenvalue weighted by Gasteiger charge is 2.30. The third-order valence-corrected chi connectivity index (χ3v) is 4.43. The fourth-order valence-corrected chi connectivity index (χ4v) is 3.20. The third-order valence-electron chi connectivity index (χ3n) is 4.43. The molecule has 1 aromatic heterocycles. The maximum Gasteiger partial charge on any atom is 0.159 e. The van der Waals surface area contributed by atoms with Crippen molar-refractivity contribution in [2.45, 2.75) is 33.2 Å². The van der Waals surface area contributed by atoms with E-state index in [1.54, 1.807) is 0 Å². The van der Waals surface area contributed by atoms with Gasteiger partial charge >= 0.3 is 0 Å². The highest BCUT2D eigenvalue weighted by Crippen LogP contribution is 2.29. The Hall–Kier alpha value is -2.25. The lowest BCUT2D eigenvalue weighted by Gasteiger charge is -2.35. The summed E-state index contributed by atoms with van der Waals surface area (Å²) in [5, 5.41) is 9.32. The monoisotopic (exact) mass is 306 g/mol. The van der Waals surface area contributed by atoms with Crippen molar-refractivity contribution in [1.82, 2.24) is 14.9 Å². The summed E-state index contributed by atoms with van der Waals surface area (Å²) in [5.74, 6) is 0.762. The van der Waals surface area contributed by atoms with Gasteiger partial charge in [0.2, 0.25) is 0 Å². The summed E-state index contributed by atoms with van der Waals surface area (Å²) in [7, 11) is 0. The number of hydrogen-bond acceptors (Lipinski definition) is 4. The number of piperidine rings is 1. The molecule has 0 amide bonds. The Bertz CT molecular complexity index is 717. The molecule has 0 unspecified atom stereocenters. The molecule has 4 nitrogen and oxygen atoms in total. The Morgan fingerprint density at radius 3 is 2.78 bits per heavy atom. The molecule has 2 aromatic rings. The molecule has 0 radical (unpaired) electrons. The second-order valence-corrected chi connectivity index (χ2v) is 6.77. The van der Waals surface area contributed by atoms with E-state index in [-0.39, 0.29) is 5.41 Å². The number of nitrogens with zero attached hydrogens (tertiary/aromatic N) is 4. The molecule has 0 aliphatic carbocycles. The first-order valence-electron chi connectivity index (χ1n) is 8.10. The standard InChI is InChI=1S/C19H22N4/c1-15-5-3-6-17(9-15)18-21-10-16(11-22-18)12-23-8-4-7-19(2,13-20)14-23/h3,5-6,9-11H,4,7-8,12,14H2,1-2H3/t19-/m1/s1. The summed E-state index contributed by atoms with van der Waals surface area (Å²) in [5.41, 5.74) is 3.13. The number of aryl methyl sites for hydroxylation is 1. The lowest BCUT2D eigenvalue weighted by atomic mass is 9.83. The maximum absolute atomic E-state index is 9.32.